The highest BCUT2D eigenvalue weighted by molar-refractivity contribution is 5.83. The molecule has 0 bridgehead atoms. The lowest BCUT2D eigenvalue weighted by Crippen LogP contribution is -1.86. The predicted molar refractivity (Wildman–Crippen MR) is 140 cm³/mol. The molecule has 164 valence electrons. The van der Waals surface area contributed by atoms with Crippen LogP contribution in [0, 0.1) is 34.6 Å². The third-order valence-electron chi connectivity index (χ3n) is 3.40. The van der Waals surface area contributed by atoms with E-state index in [9.17, 15) is 0 Å². The molecular weight excluding hydrogens is 350 g/mol. The second kappa shape index (κ2) is 23.6. The molecule has 0 spiro atoms. The number of hydrogen-bond donors (Lipinski definition) is 0. The van der Waals surface area contributed by atoms with E-state index in [0.717, 1.165) is 11.4 Å². The maximum absolute atomic E-state index is 4.52. The summed E-state index contributed by atoms with van der Waals surface area (Å²) in [6.07, 6.45) is 0. The molecule has 0 N–H and O–H groups in total. The number of rotatable bonds is 1. The van der Waals surface area contributed by atoms with Gasteiger partial charge in [0.1, 0.15) is 0 Å². The lowest BCUT2D eigenvalue weighted by molar-refractivity contribution is 1.28. The van der Waals surface area contributed by atoms with Crippen LogP contribution in [0.5, 0.6) is 0 Å². The standard InChI is InChI=1S/C12H17N.C8H10.2C2H6.2C2H4/c1-8(2)13-12-10(4)6-9(3)7-11(12)5;1-7-5-3-4-6-8(7)2;4*1-2/h6-7H,1-5H3;3-6H,1-2H3;2*1-2H3;2*1-2H2. The predicted octanol–water partition coefficient (Wildman–Crippen LogP) is 9.68. The molecule has 0 fully saturated rings. The molecule has 0 unspecified atom stereocenters. The minimum Gasteiger partial charge on any atom is -0.258 e. The van der Waals surface area contributed by atoms with Gasteiger partial charge in [0.25, 0.3) is 0 Å². The van der Waals surface area contributed by atoms with Gasteiger partial charge >= 0.3 is 0 Å². The van der Waals surface area contributed by atoms with E-state index in [1.165, 1.54) is 27.8 Å². The first-order valence-corrected chi connectivity index (χ1v) is 10.4. The summed E-state index contributed by atoms with van der Waals surface area (Å²) in [5.41, 5.74) is 8.81. The fourth-order valence-electron chi connectivity index (χ4n) is 2.24. The molecule has 0 heterocycles. The third kappa shape index (κ3) is 17.4. The van der Waals surface area contributed by atoms with E-state index in [1.54, 1.807) is 0 Å². The zero-order valence-corrected chi connectivity index (χ0v) is 21.2. The Morgan fingerprint density at radius 3 is 1.17 bits per heavy atom. The Hall–Kier alpha value is -2.41. The summed E-state index contributed by atoms with van der Waals surface area (Å²) in [7, 11) is 0. The van der Waals surface area contributed by atoms with Crippen molar-refractivity contribution >= 4 is 11.4 Å². The van der Waals surface area contributed by atoms with E-state index in [0.29, 0.717) is 0 Å². The summed E-state index contributed by atoms with van der Waals surface area (Å²) in [5, 5.41) is 0. The summed E-state index contributed by atoms with van der Waals surface area (Å²) in [6, 6.07) is 12.7. The average Bonchev–Trinajstić information content (AvgIpc) is 2.73. The maximum Gasteiger partial charge on any atom is 0.0687 e. The van der Waals surface area contributed by atoms with Crippen LogP contribution < -0.4 is 0 Å². The molecule has 1 heteroatoms. The van der Waals surface area contributed by atoms with E-state index < -0.39 is 0 Å². The third-order valence-corrected chi connectivity index (χ3v) is 3.40. The lowest BCUT2D eigenvalue weighted by Gasteiger charge is -2.06. The SMILES string of the molecule is C=C.C=C.CC.CC.CC(C)=Nc1c(C)cc(C)cc1C.Cc1ccccc1C. The number of hydrogen-bond acceptors (Lipinski definition) is 1. The second-order valence-corrected chi connectivity index (χ2v) is 5.89. The zero-order valence-electron chi connectivity index (χ0n) is 21.2. The van der Waals surface area contributed by atoms with Crippen molar-refractivity contribution in [1.82, 2.24) is 0 Å². The highest BCUT2D eigenvalue weighted by Crippen LogP contribution is 2.25. The van der Waals surface area contributed by atoms with Crippen molar-refractivity contribution in [2.45, 2.75) is 76.2 Å². The summed E-state index contributed by atoms with van der Waals surface area (Å²) >= 11 is 0. The van der Waals surface area contributed by atoms with E-state index in [-0.39, 0.29) is 0 Å². The highest BCUT2D eigenvalue weighted by Gasteiger charge is 2.01. The minimum atomic E-state index is 1.11. The van der Waals surface area contributed by atoms with Gasteiger partial charge in [-0.05, 0) is 70.7 Å². The molecule has 0 aromatic heterocycles. The maximum atomic E-state index is 4.52. The number of benzene rings is 2. The van der Waals surface area contributed by atoms with Crippen LogP contribution in [0.4, 0.5) is 5.69 Å². The molecule has 2 aromatic carbocycles. The Balaban J connectivity index is -0.000000168. The van der Waals surface area contributed by atoms with E-state index >= 15 is 0 Å². The van der Waals surface area contributed by atoms with Gasteiger partial charge in [-0.25, -0.2) is 0 Å². The second-order valence-electron chi connectivity index (χ2n) is 5.89. The monoisotopic (exact) mass is 397 g/mol. The van der Waals surface area contributed by atoms with E-state index in [1.807, 2.05) is 41.5 Å². The first-order chi connectivity index (χ1) is 13.8. The molecule has 0 saturated heterocycles. The number of aliphatic imine (C=N–C) groups is 1. The van der Waals surface area contributed by atoms with Crippen molar-refractivity contribution in [3.8, 4) is 0 Å². The van der Waals surface area contributed by atoms with Crippen molar-refractivity contribution in [3.63, 3.8) is 0 Å². The van der Waals surface area contributed by atoms with Gasteiger partial charge in [-0.2, -0.15) is 0 Å². The first-order valence-electron chi connectivity index (χ1n) is 10.4. The van der Waals surface area contributed by atoms with Gasteiger partial charge < -0.3 is 0 Å². The van der Waals surface area contributed by atoms with Crippen LogP contribution in [0.2, 0.25) is 0 Å². The Bertz CT molecular complexity index is 616. The molecule has 0 aliphatic carbocycles. The van der Waals surface area contributed by atoms with Crippen molar-refractivity contribution in [2.24, 2.45) is 4.99 Å². The number of aryl methyl sites for hydroxylation is 5. The van der Waals surface area contributed by atoms with E-state index in [2.05, 4.69) is 102 Å². The van der Waals surface area contributed by atoms with Crippen molar-refractivity contribution in [3.05, 3.63) is 90.5 Å². The molecule has 2 aromatic rings. The van der Waals surface area contributed by atoms with Gasteiger partial charge in [0.15, 0.2) is 0 Å². The number of nitrogens with zero attached hydrogens (tertiary/aromatic N) is 1. The van der Waals surface area contributed by atoms with Crippen molar-refractivity contribution < 1.29 is 0 Å². The summed E-state index contributed by atoms with van der Waals surface area (Å²) in [6.45, 7) is 34.6. The summed E-state index contributed by atoms with van der Waals surface area (Å²) in [5.74, 6) is 0. The molecule has 0 atom stereocenters. The van der Waals surface area contributed by atoms with Gasteiger partial charge in [-0.1, -0.05) is 69.7 Å². The largest absolute Gasteiger partial charge is 0.258 e. The Morgan fingerprint density at radius 2 is 0.931 bits per heavy atom. The van der Waals surface area contributed by atoms with Crippen molar-refractivity contribution in [1.29, 1.82) is 0 Å². The van der Waals surface area contributed by atoms with Crippen LogP contribution in [0.25, 0.3) is 0 Å². The van der Waals surface area contributed by atoms with E-state index in [4.69, 9.17) is 0 Å². The lowest BCUT2D eigenvalue weighted by atomic mass is 10.1. The fraction of sp³-hybridized carbons (Fsp3) is 0.393. The molecule has 0 amide bonds. The quantitative estimate of drug-likeness (QED) is 0.335. The minimum absolute atomic E-state index is 1.11. The molecule has 1 nitrogen and oxygen atoms in total. The molecule has 0 aliphatic heterocycles. The Kier molecular flexibility index (Phi) is 27.8. The molecule has 0 saturated carbocycles. The topological polar surface area (TPSA) is 12.4 Å². The van der Waals surface area contributed by atoms with Gasteiger partial charge in [0, 0.05) is 5.71 Å². The van der Waals surface area contributed by atoms with Gasteiger partial charge in [-0.3, -0.25) is 4.99 Å². The first kappa shape index (κ1) is 34.1. The summed E-state index contributed by atoms with van der Waals surface area (Å²) in [4.78, 5) is 4.52. The Labute approximate surface area is 183 Å². The average molecular weight is 398 g/mol. The van der Waals surface area contributed by atoms with Gasteiger partial charge in [0.2, 0.25) is 0 Å². The van der Waals surface area contributed by atoms with Crippen LogP contribution in [-0.4, -0.2) is 5.71 Å². The molecule has 0 radical (unpaired) electrons. The summed E-state index contributed by atoms with van der Waals surface area (Å²) < 4.78 is 0. The van der Waals surface area contributed by atoms with Crippen LogP contribution in [-0.2, 0) is 0 Å². The molecular formula is C28H47N. The smallest absolute Gasteiger partial charge is 0.0687 e. The molecule has 29 heavy (non-hydrogen) atoms. The molecule has 0 aliphatic rings. The van der Waals surface area contributed by atoms with Gasteiger partial charge in [0.05, 0.1) is 5.69 Å². The van der Waals surface area contributed by atoms with Crippen molar-refractivity contribution in [2.75, 3.05) is 0 Å². The molecule has 2 rings (SSSR count). The zero-order chi connectivity index (χ0) is 24.0. The van der Waals surface area contributed by atoms with Crippen LogP contribution in [0.15, 0.2) is 67.7 Å². The fourth-order valence-corrected chi connectivity index (χ4v) is 2.24. The van der Waals surface area contributed by atoms with Crippen LogP contribution in [0.3, 0.4) is 0 Å². The normalized spacial score (nSPS) is 7.69. The van der Waals surface area contributed by atoms with Crippen LogP contribution >= 0.6 is 0 Å². The van der Waals surface area contributed by atoms with Gasteiger partial charge in [-0.15, -0.1) is 26.3 Å². The Morgan fingerprint density at radius 1 is 0.621 bits per heavy atom. The van der Waals surface area contributed by atoms with Crippen LogP contribution in [0.1, 0.15) is 69.4 Å². The highest BCUT2D eigenvalue weighted by atomic mass is 14.7.